The summed E-state index contributed by atoms with van der Waals surface area (Å²) in [5, 5.41) is 3.55. The number of rotatable bonds is 12. The van der Waals surface area contributed by atoms with Crippen LogP contribution in [0.5, 0.6) is 11.5 Å². The topological polar surface area (TPSA) is 49.0 Å². The summed E-state index contributed by atoms with van der Waals surface area (Å²) in [6.45, 7) is 8.31. The highest BCUT2D eigenvalue weighted by molar-refractivity contribution is 5.54. The van der Waals surface area contributed by atoms with Gasteiger partial charge in [-0.05, 0) is 61.7 Å². The molecule has 0 bridgehead atoms. The average Bonchev–Trinajstić information content (AvgIpc) is 2.90. The third kappa shape index (κ3) is 6.59. The van der Waals surface area contributed by atoms with E-state index in [-0.39, 0.29) is 12.2 Å². The number of hydrogen-bond donors (Lipinski definition) is 1. The van der Waals surface area contributed by atoms with Crippen molar-refractivity contribution in [3.63, 3.8) is 0 Å². The van der Waals surface area contributed by atoms with E-state index in [0.29, 0.717) is 19.8 Å². The van der Waals surface area contributed by atoms with Gasteiger partial charge in [-0.3, -0.25) is 0 Å². The summed E-state index contributed by atoms with van der Waals surface area (Å²) < 4.78 is 24.8. The molecule has 0 saturated heterocycles. The standard InChI is InChI=1S/C31H39NO4/c1-5-6-10-19-34-30-29(35-22-24-11-8-7-9-12-24)27-20-25(15-18-28(27)36-31(30,2)3)32-21-23-13-16-26(33-4)17-14-23/h7-9,11-18,20,29-30,32H,5-6,10,19,21-22H2,1-4H3. The van der Waals surface area contributed by atoms with E-state index in [1.807, 2.05) is 36.4 Å². The van der Waals surface area contributed by atoms with Crippen LogP contribution >= 0.6 is 0 Å². The molecule has 1 aliphatic heterocycles. The minimum absolute atomic E-state index is 0.220. The predicted molar refractivity (Wildman–Crippen MR) is 145 cm³/mol. The summed E-state index contributed by atoms with van der Waals surface area (Å²) in [5.41, 5.74) is 3.84. The minimum Gasteiger partial charge on any atom is -0.497 e. The van der Waals surface area contributed by atoms with Crippen LogP contribution in [-0.2, 0) is 22.6 Å². The van der Waals surface area contributed by atoms with E-state index < -0.39 is 5.60 Å². The van der Waals surface area contributed by atoms with Gasteiger partial charge in [0.1, 0.15) is 29.3 Å². The van der Waals surface area contributed by atoms with Crippen LogP contribution in [-0.4, -0.2) is 25.4 Å². The van der Waals surface area contributed by atoms with Crippen molar-refractivity contribution in [1.29, 1.82) is 0 Å². The zero-order valence-corrected chi connectivity index (χ0v) is 22.0. The number of ether oxygens (including phenoxy) is 4. The molecule has 1 heterocycles. The van der Waals surface area contributed by atoms with Crippen LogP contribution in [0.4, 0.5) is 5.69 Å². The highest BCUT2D eigenvalue weighted by Gasteiger charge is 2.45. The Balaban J connectivity index is 1.56. The molecule has 5 nitrogen and oxygen atoms in total. The van der Waals surface area contributed by atoms with E-state index in [4.69, 9.17) is 18.9 Å². The van der Waals surface area contributed by atoms with E-state index in [1.54, 1.807) is 7.11 Å². The number of methoxy groups -OCH3 is 1. The first kappa shape index (κ1) is 26.1. The molecule has 3 aromatic rings. The molecular formula is C31H39NO4. The van der Waals surface area contributed by atoms with Crippen LogP contribution in [0.1, 0.15) is 62.8 Å². The lowest BCUT2D eigenvalue weighted by Crippen LogP contribution is -2.51. The Kier molecular flexibility index (Phi) is 8.89. The van der Waals surface area contributed by atoms with E-state index >= 15 is 0 Å². The molecular weight excluding hydrogens is 450 g/mol. The lowest BCUT2D eigenvalue weighted by atomic mass is 9.87. The molecule has 0 aromatic heterocycles. The number of hydrogen-bond acceptors (Lipinski definition) is 5. The maximum absolute atomic E-state index is 6.60. The van der Waals surface area contributed by atoms with Crippen molar-refractivity contribution in [1.82, 2.24) is 0 Å². The molecule has 0 aliphatic carbocycles. The van der Waals surface area contributed by atoms with Gasteiger partial charge in [-0.25, -0.2) is 0 Å². The van der Waals surface area contributed by atoms with Gasteiger partial charge in [0.15, 0.2) is 0 Å². The maximum Gasteiger partial charge on any atom is 0.132 e. The lowest BCUT2D eigenvalue weighted by molar-refractivity contribution is -0.166. The highest BCUT2D eigenvalue weighted by atomic mass is 16.6. The molecule has 1 aliphatic rings. The van der Waals surface area contributed by atoms with Crippen molar-refractivity contribution in [3.8, 4) is 11.5 Å². The summed E-state index contributed by atoms with van der Waals surface area (Å²) in [6, 6.07) is 24.6. The third-order valence-corrected chi connectivity index (χ3v) is 6.62. The van der Waals surface area contributed by atoms with Crippen LogP contribution in [0.2, 0.25) is 0 Å². The van der Waals surface area contributed by atoms with Gasteiger partial charge in [-0.2, -0.15) is 0 Å². The van der Waals surface area contributed by atoms with Crippen molar-refractivity contribution < 1.29 is 18.9 Å². The van der Waals surface area contributed by atoms with Crippen LogP contribution < -0.4 is 14.8 Å². The maximum atomic E-state index is 6.60. The zero-order chi connectivity index (χ0) is 25.4. The first-order chi connectivity index (χ1) is 17.5. The smallest absolute Gasteiger partial charge is 0.132 e. The summed E-state index contributed by atoms with van der Waals surface area (Å²) in [7, 11) is 1.68. The zero-order valence-electron chi connectivity index (χ0n) is 22.0. The van der Waals surface area contributed by atoms with Crippen LogP contribution in [0, 0.1) is 0 Å². The fourth-order valence-electron chi connectivity index (χ4n) is 4.58. The van der Waals surface area contributed by atoms with E-state index in [2.05, 4.69) is 62.5 Å². The molecule has 0 saturated carbocycles. The minimum atomic E-state index is -0.515. The molecule has 2 atom stereocenters. The Morgan fingerprint density at radius 1 is 0.889 bits per heavy atom. The highest BCUT2D eigenvalue weighted by Crippen LogP contribution is 2.44. The molecule has 3 aromatic carbocycles. The Bertz CT molecular complexity index is 1080. The van der Waals surface area contributed by atoms with E-state index in [9.17, 15) is 0 Å². The van der Waals surface area contributed by atoms with E-state index in [0.717, 1.165) is 47.6 Å². The molecule has 2 unspecified atom stereocenters. The van der Waals surface area contributed by atoms with Gasteiger partial charge >= 0.3 is 0 Å². The van der Waals surface area contributed by atoms with Gasteiger partial charge in [0.25, 0.3) is 0 Å². The van der Waals surface area contributed by atoms with Gasteiger partial charge in [0.05, 0.1) is 13.7 Å². The fourth-order valence-corrected chi connectivity index (χ4v) is 4.58. The Morgan fingerprint density at radius 2 is 1.67 bits per heavy atom. The molecule has 0 spiro atoms. The monoisotopic (exact) mass is 489 g/mol. The van der Waals surface area contributed by atoms with Crippen molar-refractivity contribution in [2.24, 2.45) is 0 Å². The fraction of sp³-hybridized carbons (Fsp3) is 0.419. The second kappa shape index (κ2) is 12.3. The molecule has 0 fully saturated rings. The number of unbranched alkanes of at least 4 members (excludes halogenated alkanes) is 2. The quantitative estimate of drug-likeness (QED) is 0.270. The van der Waals surface area contributed by atoms with Gasteiger partial charge in [0, 0.05) is 24.4 Å². The first-order valence-corrected chi connectivity index (χ1v) is 13.0. The van der Waals surface area contributed by atoms with Crippen LogP contribution in [0.25, 0.3) is 0 Å². The van der Waals surface area contributed by atoms with Gasteiger partial charge in [-0.15, -0.1) is 0 Å². The Labute approximate surface area is 215 Å². The molecule has 0 radical (unpaired) electrons. The summed E-state index contributed by atoms with van der Waals surface area (Å²) >= 11 is 0. The SMILES string of the molecule is CCCCCOC1C(OCc2ccccc2)c2cc(NCc3ccc(OC)cc3)ccc2OC1(C)C. The Morgan fingerprint density at radius 3 is 2.39 bits per heavy atom. The molecule has 5 heteroatoms. The van der Waals surface area contributed by atoms with Gasteiger partial charge < -0.3 is 24.3 Å². The largest absolute Gasteiger partial charge is 0.497 e. The lowest BCUT2D eigenvalue weighted by Gasteiger charge is -2.44. The average molecular weight is 490 g/mol. The summed E-state index contributed by atoms with van der Waals surface area (Å²) in [5.74, 6) is 1.71. The molecule has 4 rings (SSSR count). The van der Waals surface area contributed by atoms with Crippen molar-refractivity contribution in [3.05, 3.63) is 89.5 Å². The molecule has 192 valence electrons. The number of anilines is 1. The van der Waals surface area contributed by atoms with Gasteiger partial charge in [-0.1, -0.05) is 62.2 Å². The first-order valence-electron chi connectivity index (χ1n) is 13.0. The van der Waals surface area contributed by atoms with Crippen molar-refractivity contribution >= 4 is 5.69 Å². The summed E-state index contributed by atoms with van der Waals surface area (Å²) in [6.07, 6.45) is 2.88. The van der Waals surface area contributed by atoms with E-state index in [1.165, 1.54) is 5.56 Å². The Hall–Kier alpha value is -3.02. The second-order valence-electron chi connectivity index (χ2n) is 9.88. The third-order valence-electron chi connectivity index (χ3n) is 6.62. The van der Waals surface area contributed by atoms with Crippen LogP contribution in [0.3, 0.4) is 0 Å². The molecule has 0 amide bonds. The predicted octanol–water partition coefficient (Wildman–Crippen LogP) is 7.31. The summed E-state index contributed by atoms with van der Waals surface area (Å²) in [4.78, 5) is 0. The van der Waals surface area contributed by atoms with Crippen molar-refractivity contribution in [2.75, 3.05) is 19.0 Å². The molecule has 36 heavy (non-hydrogen) atoms. The number of benzene rings is 3. The number of nitrogens with one attached hydrogen (secondary N) is 1. The number of fused-ring (bicyclic) bond motifs is 1. The van der Waals surface area contributed by atoms with Crippen molar-refractivity contribution in [2.45, 2.75) is 71.0 Å². The van der Waals surface area contributed by atoms with Gasteiger partial charge in [0.2, 0.25) is 0 Å². The van der Waals surface area contributed by atoms with Crippen LogP contribution in [0.15, 0.2) is 72.8 Å². The molecule has 1 N–H and O–H groups in total. The second-order valence-corrected chi connectivity index (χ2v) is 9.88. The normalized spacial score (nSPS) is 18.2.